The molecule has 2 aromatic carbocycles. The van der Waals surface area contributed by atoms with Crippen molar-refractivity contribution in [2.75, 3.05) is 13.2 Å². The van der Waals surface area contributed by atoms with E-state index in [2.05, 4.69) is 41.7 Å². The first-order chi connectivity index (χ1) is 14.1. The van der Waals surface area contributed by atoms with E-state index in [9.17, 15) is 14.7 Å². The van der Waals surface area contributed by atoms with Crippen molar-refractivity contribution in [1.29, 1.82) is 0 Å². The van der Waals surface area contributed by atoms with Gasteiger partial charge < -0.3 is 15.3 Å². The Morgan fingerprint density at radius 2 is 1.66 bits per heavy atom. The Morgan fingerprint density at radius 3 is 2.21 bits per heavy atom. The molecule has 2 N–H and O–H groups in total. The van der Waals surface area contributed by atoms with E-state index in [0.29, 0.717) is 6.54 Å². The molecule has 0 bridgehead atoms. The van der Waals surface area contributed by atoms with E-state index in [1.54, 1.807) is 0 Å². The van der Waals surface area contributed by atoms with Crippen LogP contribution >= 0.6 is 0 Å². The Bertz CT molecular complexity index is 861. The van der Waals surface area contributed by atoms with Crippen molar-refractivity contribution in [1.82, 2.24) is 10.2 Å². The molecule has 0 unspecified atom stereocenters. The molecule has 0 spiro atoms. The molecule has 29 heavy (non-hydrogen) atoms. The molecule has 0 aromatic heterocycles. The summed E-state index contributed by atoms with van der Waals surface area (Å²) in [6.07, 6.45) is 2.95. The fourth-order valence-electron chi connectivity index (χ4n) is 4.59. The van der Waals surface area contributed by atoms with Crippen molar-refractivity contribution in [3.8, 4) is 11.1 Å². The molecule has 1 aliphatic heterocycles. The minimum atomic E-state index is -0.232. The van der Waals surface area contributed by atoms with E-state index in [4.69, 9.17) is 0 Å². The third-order valence-corrected chi connectivity index (χ3v) is 6.40. The van der Waals surface area contributed by atoms with Crippen LogP contribution in [-0.4, -0.2) is 47.1 Å². The van der Waals surface area contributed by atoms with Crippen LogP contribution in [0.15, 0.2) is 54.6 Å². The summed E-state index contributed by atoms with van der Waals surface area (Å²) >= 11 is 0. The second-order valence-corrected chi connectivity index (χ2v) is 8.14. The normalized spacial score (nSPS) is 23.8. The van der Waals surface area contributed by atoms with Crippen LogP contribution in [0, 0.1) is 5.92 Å². The molecule has 152 valence electrons. The zero-order valence-electron chi connectivity index (χ0n) is 16.8. The highest BCUT2D eigenvalue weighted by atomic mass is 16.3. The minimum absolute atomic E-state index is 0.0145. The number of aliphatic hydroxyl groups is 1. The summed E-state index contributed by atoms with van der Waals surface area (Å²) in [5.41, 5.74) is 3.38. The molecule has 2 fully saturated rings. The summed E-state index contributed by atoms with van der Waals surface area (Å²) in [7, 11) is 0. The average molecular weight is 392 g/mol. The van der Waals surface area contributed by atoms with Gasteiger partial charge in [0.25, 0.3) is 0 Å². The van der Waals surface area contributed by atoms with Crippen LogP contribution in [0.3, 0.4) is 0 Å². The molecular formula is C24H28N2O3. The zero-order chi connectivity index (χ0) is 20.4. The van der Waals surface area contributed by atoms with Gasteiger partial charge in [0.2, 0.25) is 11.8 Å². The van der Waals surface area contributed by atoms with Gasteiger partial charge in [-0.15, -0.1) is 0 Å². The Balaban J connectivity index is 1.57. The largest absolute Gasteiger partial charge is 0.394 e. The number of amides is 2. The van der Waals surface area contributed by atoms with E-state index >= 15 is 0 Å². The maximum Gasteiger partial charge on any atom is 0.226 e. The van der Waals surface area contributed by atoms with E-state index in [1.165, 1.54) is 6.92 Å². The number of aliphatic hydroxyl groups excluding tert-OH is 1. The lowest BCUT2D eigenvalue weighted by Crippen LogP contribution is -2.69. The SMILES string of the molecule is CC(=O)NC[C@H]1[C@@H](c2ccc(-c3ccccc3)cc2)[C@@H](CO)N1C(=O)C1CCC1. The number of nitrogens with zero attached hydrogens (tertiary/aromatic N) is 1. The van der Waals surface area contributed by atoms with Crippen LogP contribution in [-0.2, 0) is 9.59 Å². The third kappa shape index (κ3) is 3.79. The predicted octanol–water partition coefficient (Wildman–Crippen LogP) is 2.95. The highest BCUT2D eigenvalue weighted by molar-refractivity contribution is 5.82. The van der Waals surface area contributed by atoms with Crippen molar-refractivity contribution in [3.63, 3.8) is 0 Å². The van der Waals surface area contributed by atoms with Gasteiger partial charge >= 0.3 is 0 Å². The Morgan fingerprint density at radius 1 is 1.00 bits per heavy atom. The maximum absolute atomic E-state index is 13.0. The fraction of sp³-hybridized carbons (Fsp3) is 0.417. The molecule has 1 saturated heterocycles. The molecule has 2 amide bonds. The van der Waals surface area contributed by atoms with Crippen LogP contribution < -0.4 is 5.32 Å². The van der Waals surface area contributed by atoms with Gasteiger partial charge in [0.05, 0.1) is 18.7 Å². The molecule has 1 heterocycles. The first-order valence-electron chi connectivity index (χ1n) is 10.4. The van der Waals surface area contributed by atoms with Crippen molar-refractivity contribution in [2.24, 2.45) is 5.92 Å². The predicted molar refractivity (Wildman–Crippen MR) is 112 cm³/mol. The van der Waals surface area contributed by atoms with Crippen molar-refractivity contribution < 1.29 is 14.7 Å². The molecule has 5 nitrogen and oxygen atoms in total. The van der Waals surface area contributed by atoms with Gasteiger partial charge in [-0.05, 0) is 29.5 Å². The molecular weight excluding hydrogens is 364 g/mol. The van der Waals surface area contributed by atoms with E-state index in [-0.39, 0.29) is 42.3 Å². The molecule has 2 aromatic rings. The Labute approximate surface area is 171 Å². The fourth-order valence-corrected chi connectivity index (χ4v) is 4.59. The van der Waals surface area contributed by atoms with E-state index in [0.717, 1.165) is 36.0 Å². The molecule has 1 aliphatic carbocycles. The quantitative estimate of drug-likeness (QED) is 0.794. The standard InChI is InChI=1S/C24H28N2O3/c1-16(28)25-14-21-23(22(15-27)26(21)24(29)20-8-5-9-20)19-12-10-18(11-13-19)17-6-3-2-4-7-17/h2-4,6-7,10-13,20-23,27H,5,8-9,14-15H2,1H3,(H,25,28)/t21-,22+,23+/m0/s1. The van der Waals surface area contributed by atoms with Gasteiger partial charge in [0.15, 0.2) is 0 Å². The minimum Gasteiger partial charge on any atom is -0.394 e. The lowest BCUT2D eigenvalue weighted by Gasteiger charge is -2.56. The lowest BCUT2D eigenvalue weighted by molar-refractivity contribution is -0.158. The summed E-state index contributed by atoms with van der Waals surface area (Å²) in [5.74, 6) is 0.112. The number of likely N-dealkylation sites (tertiary alicyclic amines) is 1. The summed E-state index contributed by atoms with van der Waals surface area (Å²) < 4.78 is 0. The van der Waals surface area contributed by atoms with Crippen molar-refractivity contribution in [3.05, 3.63) is 60.2 Å². The van der Waals surface area contributed by atoms with Gasteiger partial charge in [-0.25, -0.2) is 0 Å². The van der Waals surface area contributed by atoms with Crippen molar-refractivity contribution >= 4 is 11.8 Å². The first-order valence-corrected chi connectivity index (χ1v) is 10.4. The number of nitrogens with one attached hydrogen (secondary N) is 1. The molecule has 2 aliphatic rings. The topological polar surface area (TPSA) is 69.6 Å². The second kappa shape index (κ2) is 8.37. The zero-order valence-corrected chi connectivity index (χ0v) is 16.8. The summed E-state index contributed by atoms with van der Waals surface area (Å²) in [4.78, 5) is 26.3. The number of carbonyl (C=O) groups is 2. The maximum atomic E-state index is 13.0. The Kier molecular flexibility index (Phi) is 5.67. The highest BCUT2D eigenvalue weighted by Crippen LogP contribution is 2.43. The molecule has 1 saturated carbocycles. The van der Waals surface area contributed by atoms with Crippen molar-refractivity contribution in [2.45, 2.75) is 44.2 Å². The van der Waals surface area contributed by atoms with Gasteiger partial charge in [-0.2, -0.15) is 0 Å². The van der Waals surface area contributed by atoms with E-state index in [1.807, 2.05) is 23.1 Å². The van der Waals surface area contributed by atoms with Crippen LogP contribution in [0.1, 0.15) is 37.7 Å². The first kappa shape index (κ1) is 19.6. The summed E-state index contributed by atoms with van der Waals surface area (Å²) in [6, 6.07) is 18.2. The highest BCUT2D eigenvalue weighted by Gasteiger charge is 2.52. The number of rotatable bonds is 6. The molecule has 0 radical (unpaired) electrons. The molecule has 4 rings (SSSR count). The van der Waals surface area contributed by atoms with Gasteiger partial charge in [-0.1, -0.05) is 61.0 Å². The number of carbonyl (C=O) groups excluding carboxylic acids is 2. The summed E-state index contributed by atoms with van der Waals surface area (Å²) in [6.45, 7) is 1.83. The lowest BCUT2D eigenvalue weighted by atomic mass is 9.72. The second-order valence-electron chi connectivity index (χ2n) is 8.14. The third-order valence-electron chi connectivity index (χ3n) is 6.40. The molecule has 3 atom stereocenters. The van der Waals surface area contributed by atoms with E-state index < -0.39 is 0 Å². The van der Waals surface area contributed by atoms with Gasteiger partial charge in [-0.3, -0.25) is 9.59 Å². The van der Waals surface area contributed by atoms with Crippen LogP contribution in [0.2, 0.25) is 0 Å². The molecule has 5 heteroatoms. The number of hydrogen-bond acceptors (Lipinski definition) is 3. The average Bonchev–Trinajstić information content (AvgIpc) is 2.67. The number of hydrogen-bond donors (Lipinski definition) is 2. The summed E-state index contributed by atoms with van der Waals surface area (Å²) in [5, 5.41) is 12.9. The smallest absolute Gasteiger partial charge is 0.226 e. The monoisotopic (exact) mass is 392 g/mol. The van der Waals surface area contributed by atoms with Gasteiger partial charge in [0, 0.05) is 25.3 Å². The van der Waals surface area contributed by atoms with Gasteiger partial charge in [0.1, 0.15) is 0 Å². The number of benzene rings is 2. The van der Waals surface area contributed by atoms with Crippen LogP contribution in [0.5, 0.6) is 0 Å². The van der Waals surface area contributed by atoms with Crippen LogP contribution in [0.25, 0.3) is 11.1 Å². The van der Waals surface area contributed by atoms with Crippen LogP contribution in [0.4, 0.5) is 0 Å². The Hall–Kier alpha value is -2.66.